The minimum absolute atomic E-state index is 0.337. The van der Waals surface area contributed by atoms with Crippen LogP contribution in [0.2, 0.25) is 0 Å². The molecule has 0 spiro atoms. The molecule has 2 atom stereocenters. The highest BCUT2D eigenvalue weighted by Gasteiger charge is 2.25. The summed E-state index contributed by atoms with van der Waals surface area (Å²) >= 11 is 3.55. The maximum Gasteiger partial charge on any atom is 0.124 e. The normalized spacial score (nSPS) is 19.6. The molecule has 3 nitrogen and oxygen atoms in total. The molecule has 1 aromatic rings. The lowest BCUT2D eigenvalue weighted by molar-refractivity contribution is 0.0991. The lowest BCUT2D eigenvalue weighted by atomic mass is 9.97. The molecule has 1 aliphatic heterocycles. The lowest BCUT2D eigenvalue weighted by Gasteiger charge is -2.32. The zero-order valence-corrected chi connectivity index (χ0v) is 14.1. The molecule has 20 heavy (non-hydrogen) atoms. The van der Waals surface area contributed by atoms with Gasteiger partial charge in [0.15, 0.2) is 0 Å². The Morgan fingerprint density at radius 2 is 2.25 bits per heavy atom. The molecule has 0 fully saturated rings. The average Bonchev–Trinajstić information content (AvgIpc) is 2.43. The molecule has 4 heteroatoms. The molecule has 1 aromatic carbocycles. The minimum Gasteiger partial charge on any atom is -0.493 e. The summed E-state index contributed by atoms with van der Waals surface area (Å²) in [4.78, 5) is 0. The summed E-state index contributed by atoms with van der Waals surface area (Å²) < 4.78 is 12.4. The van der Waals surface area contributed by atoms with Crippen molar-refractivity contribution in [1.82, 2.24) is 5.32 Å². The van der Waals surface area contributed by atoms with Crippen LogP contribution < -0.4 is 10.1 Å². The number of halogens is 1. The number of benzene rings is 1. The molecule has 2 unspecified atom stereocenters. The van der Waals surface area contributed by atoms with Gasteiger partial charge in [-0.3, -0.25) is 0 Å². The van der Waals surface area contributed by atoms with Gasteiger partial charge in [0.2, 0.25) is 0 Å². The van der Waals surface area contributed by atoms with Gasteiger partial charge in [-0.05, 0) is 31.0 Å². The number of fused-ring (bicyclic) bond motifs is 1. The lowest BCUT2D eigenvalue weighted by Crippen LogP contribution is -2.41. The van der Waals surface area contributed by atoms with Crippen LogP contribution in [-0.2, 0) is 4.74 Å². The zero-order chi connectivity index (χ0) is 14.5. The first-order chi connectivity index (χ1) is 9.61. The van der Waals surface area contributed by atoms with Gasteiger partial charge in [0.25, 0.3) is 0 Å². The summed E-state index contributed by atoms with van der Waals surface area (Å²) in [6.07, 6.45) is 0.999. The third kappa shape index (κ3) is 3.96. The highest BCUT2D eigenvalue weighted by Crippen LogP contribution is 2.34. The number of nitrogens with one attached hydrogen (secondary N) is 1. The summed E-state index contributed by atoms with van der Waals surface area (Å²) in [5, 5.41) is 3.75. The predicted octanol–water partition coefficient (Wildman–Crippen LogP) is 3.92. The van der Waals surface area contributed by atoms with E-state index in [1.165, 1.54) is 5.56 Å². The van der Waals surface area contributed by atoms with Gasteiger partial charge >= 0.3 is 0 Å². The molecule has 0 aliphatic carbocycles. The van der Waals surface area contributed by atoms with Gasteiger partial charge in [-0.1, -0.05) is 29.8 Å². The minimum atomic E-state index is 0.337. The van der Waals surface area contributed by atoms with Crippen LogP contribution in [0.25, 0.3) is 0 Å². The first-order valence-electron chi connectivity index (χ1n) is 7.37. The van der Waals surface area contributed by atoms with E-state index >= 15 is 0 Å². The van der Waals surface area contributed by atoms with E-state index < -0.39 is 0 Å². The summed E-state index contributed by atoms with van der Waals surface area (Å²) in [6, 6.07) is 6.93. The molecule has 1 N–H and O–H groups in total. The molecule has 112 valence electrons. The second-order valence-electron chi connectivity index (χ2n) is 5.55. The van der Waals surface area contributed by atoms with E-state index in [1.54, 1.807) is 0 Å². The first-order valence-corrected chi connectivity index (χ1v) is 8.17. The fourth-order valence-corrected chi connectivity index (χ4v) is 2.85. The second-order valence-corrected chi connectivity index (χ2v) is 6.46. The maximum atomic E-state index is 5.74. The van der Waals surface area contributed by atoms with Gasteiger partial charge in [-0.2, -0.15) is 0 Å². The molecule has 0 radical (unpaired) electrons. The highest BCUT2D eigenvalue weighted by atomic mass is 79.9. The molecule has 1 aliphatic rings. The monoisotopic (exact) mass is 341 g/mol. The van der Waals surface area contributed by atoms with Gasteiger partial charge in [-0.25, -0.2) is 0 Å². The highest BCUT2D eigenvalue weighted by molar-refractivity contribution is 9.10. The van der Waals surface area contributed by atoms with Crippen molar-refractivity contribution < 1.29 is 9.47 Å². The van der Waals surface area contributed by atoms with E-state index in [9.17, 15) is 0 Å². The van der Waals surface area contributed by atoms with E-state index in [0.717, 1.165) is 36.5 Å². The van der Waals surface area contributed by atoms with Gasteiger partial charge in [0.05, 0.1) is 13.2 Å². The van der Waals surface area contributed by atoms with Crippen LogP contribution in [-0.4, -0.2) is 25.9 Å². The number of ether oxygens (including phenoxy) is 2. The maximum absolute atomic E-state index is 5.74. The molecule has 0 amide bonds. The van der Waals surface area contributed by atoms with Crippen molar-refractivity contribution in [3.05, 3.63) is 28.2 Å². The Morgan fingerprint density at radius 1 is 1.45 bits per heavy atom. The number of hydrogen-bond acceptors (Lipinski definition) is 3. The predicted molar refractivity (Wildman–Crippen MR) is 85.2 cm³/mol. The summed E-state index contributed by atoms with van der Waals surface area (Å²) in [5.74, 6) is 1.54. The Hall–Kier alpha value is -0.580. The topological polar surface area (TPSA) is 30.5 Å². The third-order valence-corrected chi connectivity index (χ3v) is 4.23. The van der Waals surface area contributed by atoms with Crippen LogP contribution in [0.3, 0.4) is 0 Å². The zero-order valence-electron chi connectivity index (χ0n) is 12.5. The largest absolute Gasteiger partial charge is 0.493 e. The van der Waals surface area contributed by atoms with Crippen LogP contribution in [0.5, 0.6) is 5.75 Å². The molecular weight excluding hydrogens is 318 g/mol. The molecule has 0 saturated carbocycles. The van der Waals surface area contributed by atoms with Crippen molar-refractivity contribution in [1.29, 1.82) is 0 Å². The van der Waals surface area contributed by atoms with E-state index in [2.05, 4.69) is 41.2 Å². The summed E-state index contributed by atoms with van der Waals surface area (Å²) in [6.45, 7) is 8.80. The van der Waals surface area contributed by atoms with Crippen molar-refractivity contribution in [3.63, 3.8) is 0 Å². The average molecular weight is 342 g/mol. The Morgan fingerprint density at radius 3 is 2.95 bits per heavy atom. The number of hydrogen-bond donors (Lipinski definition) is 1. The Kier molecular flexibility index (Phi) is 5.87. The molecule has 0 aromatic heterocycles. The summed E-state index contributed by atoms with van der Waals surface area (Å²) in [7, 11) is 0. The second kappa shape index (κ2) is 7.43. The fraction of sp³-hybridized carbons (Fsp3) is 0.625. The summed E-state index contributed by atoms with van der Waals surface area (Å²) in [5.41, 5.74) is 1.24. The van der Waals surface area contributed by atoms with E-state index in [-0.39, 0.29) is 0 Å². The quantitative estimate of drug-likeness (QED) is 0.850. The Balaban J connectivity index is 2.11. The Labute approximate surface area is 130 Å². The fourth-order valence-electron chi connectivity index (χ4n) is 2.47. The molecule has 2 rings (SSSR count). The van der Waals surface area contributed by atoms with Gasteiger partial charge < -0.3 is 14.8 Å². The van der Waals surface area contributed by atoms with Crippen molar-refractivity contribution in [2.24, 2.45) is 5.92 Å². The smallest absolute Gasteiger partial charge is 0.124 e. The van der Waals surface area contributed by atoms with Crippen LogP contribution in [0.15, 0.2) is 22.7 Å². The van der Waals surface area contributed by atoms with E-state index in [0.29, 0.717) is 18.0 Å². The van der Waals surface area contributed by atoms with E-state index in [4.69, 9.17) is 9.47 Å². The first kappa shape index (κ1) is 15.8. The van der Waals surface area contributed by atoms with Crippen LogP contribution in [0.4, 0.5) is 0 Å². The van der Waals surface area contributed by atoms with Crippen LogP contribution in [0, 0.1) is 5.92 Å². The molecule has 1 heterocycles. The van der Waals surface area contributed by atoms with Crippen molar-refractivity contribution in [3.8, 4) is 5.75 Å². The van der Waals surface area contributed by atoms with Crippen molar-refractivity contribution >= 4 is 15.9 Å². The number of rotatable bonds is 6. The third-order valence-electron chi connectivity index (χ3n) is 3.73. The van der Waals surface area contributed by atoms with Gasteiger partial charge in [-0.15, -0.1) is 0 Å². The Bertz CT molecular complexity index is 436. The van der Waals surface area contributed by atoms with Crippen molar-refractivity contribution in [2.75, 3.05) is 19.8 Å². The van der Waals surface area contributed by atoms with Gasteiger partial charge in [0.1, 0.15) is 5.75 Å². The van der Waals surface area contributed by atoms with E-state index in [1.807, 2.05) is 19.1 Å². The van der Waals surface area contributed by atoms with Crippen molar-refractivity contribution in [2.45, 2.75) is 39.3 Å². The van der Waals surface area contributed by atoms with Crippen LogP contribution >= 0.6 is 15.9 Å². The molecule has 0 bridgehead atoms. The van der Waals surface area contributed by atoms with Gasteiger partial charge in [0, 0.05) is 35.1 Å². The standard InChI is InChI=1S/C16H24BrNO2/c1-4-19-10-15(11(2)3)18-14-7-8-20-16-6-5-12(17)9-13(14)16/h5-6,9,11,14-15,18H,4,7-8,10H2,1-3H3. The molecule has 0 saturated heterocycles. The SMILES string of the molecule is CCOCC(NC1CCOc2ccc(Br)cc21)C(C)C. The van der Waals surface area contributed by atoms with Crippen LogP contribution in [0.1, 0.15) is 38.8 Å². The molecular formula is C16H24BrNO2.